The number of nitrogens with zero attached hydrogens (tertiary/aromatic N) is 1. The summed E-state index contributed by atoms with van der Waals surface area (Å²) in [5.41, 5.74) is 1.68. The monoisotopic (exact) mass is 417 g/mol. The molecule has 0 aliphatic heterocycles. The van der Waals surface area contributed by atoms with E-state index in [0.29, 0.717) is 12.3 Å². The molecule has 0 spiro atoms. The van der Waals surface area contributed by atoms with Crippen molar-refractivity contribution in [2.24, 2.45) is 0 Å². The van der Waals surface area contributed by atoms with E-state index in [4.69, 9.17) is 8.92 Å². The van der Waals surface area contributed by atoms with Crippen molar-refractivity contribution in [2.45, 2.75) is 33.4 Å². The van der Waals surface area contributed by atoms with E-state index >= 15 is 0 Å². The van der Waals surface area contributed by atoms with Crippen molar-refractivity contribution < 1.29 is 22.1 Å². The van der Waals surface area contributed by atoms with E-state index in [2.05, 4.69) is 0 Å². The minimum atomic E-state index is -3.69. The van der Waals surface area contributed by atoms with Gasteiger partial charge in [-0.3, -0.25) is 4.79 Å². The zero-order chi connectivity index (χ0) is 21.4. The SMILES string of the molecule is CCS(=O)(=O)Oc1cc(CN(C(=O)/C=C/c2ccccc2)C(C)C)ccc1OC. The highest BCUT2D eigenvalue weighted by Crippen LogP contribution is 2.30. The van der Waals surface area contributed by atoms with Crippen LogP contribution in [0, 0.1) is 0 Å². The first-order chi connectivity index (χ1) is 13.8. The van der Waals surface area contributed by atoms with Crippen molar-refractivity contribution in [2.75, 3.05) is 12.9 Å². The van der Waals surface area contributed by atoms with Crippen molar-refractivity contribution in [3.05, 3.63) is 65.7 Å². The minimum Gasteiger partial charge on any atom is -0.493 e. The Bertz CT molecular complexity index is 952. The summed E-state index contributed by atoms with van der Waals surface area (Å²) in [5, 5.41) is 0. The first kappa shape index (κ1) is 22.5. The average Bonchev–Trinajstić information content (AvgIpc) is 2.70. The number of benzene rings is 2. The van der Waals surface area contributed by atoms with Gasteiger partial charge in [-0.2, -0.15) is 8.42 Å². The summed E-state index contributed by atoms with van der Waals surface area (Å²) < 4.78 is 34.1. The number of rotatable bonds is 9. The van der Waals surface area contributed by atoms with Gasteiger partial charge in [0, 0.05) is 18.7 Å². The number of carbonyl (C=O) groups is 1. The van der Waals surface area contributed by atoms with Crippen LogP contribution < -0.4 is 8.92 Å². The third-order valence-corrected chi connectivity index (χ3v) is 5.42. The largest absolute Gasteiger partial charge is 0.493 e. The lowest BCUT2D eigenvalue weighted by Crippen LogP contribution is -2.35. The van der Waals surface area contributed by atoms with Crippen LogP contribution in [0.2, 0.25) is 0 Å². The molecule has 7 heteroatoms. The van der Waals surface area contributed by atoms with Gasteiger partial charge in [0.25, 0.3) is 0 Å². The molecule has 0 saturated carbocycles. The second-order valence-corrected chi connectivity index (χ2v) is 8.58. The van der Waals surface area contributed by atoms with Crippen molar-refractivity contribution in [1.82, 2.24) is 4.90 Å². The van der Waals surface area contributed by atoms with E-state index < -0.39 is 10.1 Å². The van der Waals surface area contributed by atoms with Crippen LogP contribution >= 0.6 is 0 Å². The van der Waals surface area contributed by atoms with Crippen LogP contribution in [0.3, 0.4) is 0 Å². The first-order valence-corrected chi connectivity index (χ1v) is 11.0. The number of ether oxygens (including phenoxy) is 1. The molecule has 0 N–H and O–H groups in total. The number of methoxy groups -OCH3 is 1. The summed E-state index contributed by atoms with van der Waals surface area (Å²) in [6.45, 7) is 5.67. The van der Waals surface area contributed by atoms with Crippen LogP contribution in [0.25, 0.3) is 6.08 Å². The molecule has 0 fully saturated rings. The second-order valence-electron chi connectivity index (χ2n) is 6.72. The number of hydrogen-bond acceptors (Lipinski definition) is 5. The fraction of sp³-hybridized carbons (Fsp3) is 0.318. The Morgan fingerprint density at radius 1 is 1.10 bits per heavy atom. The molecular weight excluding hydrogens is 390 g/mol. The fourth-order valence-electron chi connectivity index (χ4n) is 2.62. The highest BCUT2D eigenvalue weighted by Gasteiger charge is 2.18. The summed E-state index contributed by atoms with van der Waals surface area (Å²) in [6.07, 6.45) is 3.31. The van der Waals surface area contributed by atoms with Crippen LogP contribution in [-0.4, -0.2) is 38.1 Å². The van der Waals surface area contributed by atoms with Gasteiger partial charge in [0.1, 0.15) is 0 Å². The number of hydrogen-bond donors (Lipinski definition) is 0. The molecule has 1 amide bonds. The van der Waals surface area contributed by atoms with Crippen molar-refractivity contribution in [1.29, 1.82) is 0 Å². The van der Waals surface area contributed by atoms with E-state index in [0.717, 1.165) is 11.1 Å². The Morgan fingerprint density at radius 2 is 1.79 bits per heavy atom. The predicted molar refractivity (Wildman–Crippen MR) is 114 cm³/mol. The third kappa shape index (κ3) is 6.64. The van der Waals surface area contributed by atoms with Gasteiger partial charge >= 0.3 is 10.1 Å². The smallest absolute Gasteiger partial charge is 0.309 e. The Kier molecular flexibility index (Phi) is 7.84. The zero-order valence-corrected chi connectivity index (χ0v) is 18.0. The molecule has 0 saturated heterocycles. The van der Waals surface area contributed by atoms with Gasteiger partial charge in [-0.05, 0) is 50.1 Å². The Balaban J connectivity index is 2.23. The van der Waals surface area contributed by atoms with Crippen molar-refractivity contribution >= 4 is 22.1 Å². The summed E-state index contributed by atoms with van der Waals surface area (Å²) in [6, 6.07) is 14.6. The molecule has 156 valence electrons. The summed E-state index contributed by atoms with van der Waals surface area (Å²) in [4.78, 5) is 14.4. The molecule has 0 aromatic heterocycles. The van der Waals surface area contributed by atoms with E-state index in [1.165, 1.54) is 20.1 Å². The molecule has 0 heterocycles. The van der Waals surface area contributed by atoms with Crippen molar-refractivity contribution in [3.8, 4) is 11.5 Å². The molecule has 29 heavy (non-hydrogen) atoms. The molecule has 0 atom stereocenters. The standard InChI is InChI=1S/C22H27NO5S/c1-5-29(25,26)28-21-15-19(11-13-20(21)27-4)16-23(17(2)3)22(24)14-12-18-9-7-6-8-10-18/h6-15,17H,5,16H2,1-4H3/b14-12+. The lowest BCUT2D eigenvalue weighted by atomic mass is 10.1. The van der Waals surface area contributed by atoms with Gasteiger partial charge in [0.2, 0.25) is 5.91 Å². The number of amides is 1. The van der Waals surface area contributed by atoms with Gasteiger partial charge in [0.05, 0.1) is 12.9 Å². The van der Waals surface area contributed by atoms with Gasteiger partial charge in [-0.15, -0.1) is 0 Å². The van der Waals surface area contributed by atoms with Gasteiger partial charge in [-0.25, -0.2) is 0 Å². The quantitative estimate of drug-likeness (QED) is 0.457. The maximum Gasteiger partial charge on any atom is 0.309 e. The van der Waals surface area contributed by atoms with Crippen LogP contribution in [0.4, 0.5) is 0 Å². The van der Waals surface area contributed by atoms with Gasteiger partial charge in [-0.1, -0.05) is 36.4 Å². The molecule has 2 aromatic carbocycles. The van der Waals surface area contributed by atoms with E-state index in [1.54, 1.807) is 29.2 Å². The maximum absolute atomic E-state index is 12.7. The molecule has 0 bridgehead atoms. The highest BCUT2D eigenvalue weighted by atomic mass is 32.2. The summed E-state index contributed by atoms with van der Waals surface area (Å²) in [5.74, 6) is 0.143. The molecule has 0 radical (unpaired) electrons. The first-order valence-electron chi connectivity index (χ1n) is 9.38. The van der Waals surface area contributed by atoms with Gasteiger partial charge in [0.15, 0.2) is 11.5 Å². The highest BCUT2D eigenvalue weighted by molar-refractivity contribution is 7.87. The maximum atomic E-state index is 12.7. The molecule has 2 aromatic rings. The predicted octanol–water partition coefficient (Wildman–Crippen LogP) is 3.87. The van der Waals surface area contributed by atoms with Crippen LogP contribution in [0.1, 0.15) is 31.9 Å². The topological polar surface area (TPSA) is 72.9 Å². The van der Waals surface area contributed by atoms with E-state index in [9.17, 15) is 13.2 Å². The molecule has 0 aliphatic rings. The fourth-order valence-corrected chi connectivity index (χ4v) is 3.14. The molecule has 6 nitrogen and oxygen atoms in total. The van der Waals surface area contributed by atoms with Crippen LogP contribution in [0.15, 0.2) is 54.6 Å². The van der Waals surface area contributed by atoms with E-state index in [1.807, 2.05) is 44.2 Å². The van der Waals surface area contributed by atoms with Crippen LogP contribution in [-0.2, 0) is 21.5 Å². The Labute approximate surface area is 172 Å². The summed E-state index contributed by atoms with van der Waals surface area (Å²) in [7, 11) is -2.25. The van der Waals surface area contributed by atoms with E-state index in [-0.39, 0.29) is 23.5 Å². The number of carbonyl (C=O) groups excluding carboxylic acids is 1. The Hall–Kier alpha value is -2.80. The molecule has 0 unspecified atom stereocenters. The minimum absolute atomic E-state index is 0.0474. The lowest BCUT2D eigenvalue weighted by Gasteiger charge is -2.26. The molecule has 0 aliphatic carbocycles. The zero-order valence-electron chi connectivity index (χ0n) is 17.2. The van der Waals surface area contributed by atoms with Crippen molar-refractivity contribution in [3.63, 3.8) is 0 Å². The summed E-state index contributed by atoms with van der Waals surface area (Å²) >= 11 is 0. The Morgan fingerprint density at radius 3 is 2.38 bits per heavy atom. The lowest BCUT2D eigenvalue weighted by molar-refractivity contribution is -0.128. The normalized spacial score (nSPS) is 11.6. The third-order valence-electron chi connectivity index (χ3n) is 4.28. The molecule has 2 rings (SSSR count). The van der Waals surface area contributed by atoms with Crippen LogP contribution in [0.5, 0.6) is 11.5 Å². The second kappa shape index (κ2) is 10.1. The average molecular weight is 418 g/mol. The van der Waals surface area contributed by atoms with Gasteiger partial charge < -0.3 is 13.8 Å². The molecular formula is C22H27NO5S.